The van der Waals surface area contributed by atoms with Crippen molar-refractivity contribution in [2.24, 2.45) is 5.73 Å². The van der Waals surface area contributed by atoms with Crippen LogP contribution >= 0.6 is 35.3 Å². The van der Waals surface area contributed by atoms with Gasteiger partial charge in [0, 0.05) is 34.7 Å². The van der Waals surface area contributed by atoms with E-state index in [1.54, 1.807) is 22.9 Å². The molecule has 0 spiro atoms. The van der Waals surface area contributed by atoms with Gasteiger partial charge in [0.25, 0.3) is 0 Å². The van der Waals surface area contributed by atoms with Crippen LogP contribution in [0.1, 0.15) is 22.1 Å². The van der Waals surface area contributed by atoms with Gasteiger partial charge >= 0.3 is 0 Å². The Morgan fingerprint density at radius 1 is 1.03 bits per heavy atom. The zero-order valence-electron chi connectivity index (χ0n) is 19.3. The average molecular weight is 545 g/mol. The Morgan fingerprint density at radius 3 is 2.35 bits per heavy atom. The summed E-state index contributed by atoms with van der Waals surface area (Å²) in [6.07, 6.45) is 2.57. The summed E-state index contributed by atoms with van der Waals surface area (Å²) < 4.78 is 6.50. The van der Waals surface area contributed by atoms with E-state index >= 15 is 0 Å². The largest absolute Gasteiger partial charge is 0.469 e. The predicted octanol–water partition coefficient (Wildman–Crippen LogP) is 4.14. The minimum absolute atomic E-state index is 0.178. The topological polar surface area (TPSA) is 98.4 Å². The molecule has 2 atom stereocenters. The van der Waals surface area contributed by atoms with Gasteiger partial charge in [-0.3, -0.25) is 14.5 Å². The molecule has 2 aromatic heterocycles. The summed E-state index contributed by atoms with van der Waals surface area (Å²) in [7, 11) is 0. The van der Waals surface area contributed by atoms with E-state index in [1.165, 1.54) is 23.6 Å². The summed E-state index contributed by atoms with van der Waals surface area (Å²) in [5.74, 6) is 0.295. The molecule has 2 aliphatic heterocycles. The van der Waals surface area contributed by atoms with Crippen molar-refractivity contribution in [1.82, 2.24) is 14.9 Å². The number of ether oxygens (including phenoxy) is 1. The Kier molecular flexibility index (Phi) is 6.33. The number of hydrogen-bond acceptors (Lipinski definition) is 9. The summed E-state index contributed by atoms with van der Waals surface area (Å²) in [5.41, 5.74) is 9.29. The van der Waals surface area contributed by atoms with E-state index in [1.807, 2.05) is 60.7 Å². The van der Waals surface area contributed by atoms with Crippen LogP contribution in [-0.4, -0.2) is 43.0 Å². The Labute approximate surface area is 226 Å². The van der Waals surface area contributed by atoms with Crippen molar-refractivity contribution in [1.29, 1.82) is 0 Å². The molecule has 2 aromatic carbocycles. The first-order chi connectivity index (χ1) is 18.0. The van der Waals surface area contributed by atoms with Crippen molar-refractivity contribution in [2.75, 3.05) is 5.75 Å². The number of amides is 1. The number of nitrogens with two attached hydrogens (primary N) is 1. The van der Waals surface area contributed by atoms with Crippen molar-refractivity contribution in [3.63, 3.8) is 0 Å². The van der Waals surface area contributed by atoms with Crippen molar-refractivity contribution in [3.05, 3.63) is 111 Å². The number of carbonyl (C=O) groups excluding carboxylic acids is 1. The Morgan fingerprint density at radius 2 is 1.68 bits per heavy atom. The van der Waals surface area contributed by atoms with Crippen LogP contribution in [0, 0.1) is 0 Å². The number of thioether (sulfide) groups is 1. The first-order valence-corrected chi connectivity index (χ1v) is 13.8. The third kappa shape index (κ3) is 4.25. The van der Waals surface area contributed by atoms with Crippen molar-refractivity contribution in [3.8, 4) is 0 Å². The summed E-state index contributed by atoms with van der Waals surface area (Å²) in [6.45, 7) is 0. The second-order valence-electron chi connectivity index (χ2n) is 8.55. The van der Waals surface area contributed by atoms with Crippen molar-refractivity contribution >= 4 is 62.2 Å². The van der Waals surface area contributed by atoms with Crippen LogP contribution in [0.5, 0.6) is 0 Å². The highest BCUT2D eigenvalue weighted by Crippen LogP contribution is 2.44. The fraction of sp³-hybridized carbons (Fsp3) is 0.148. The van der Waals surface area contributed by atoms with Gasteiger partial charge in [-0.15, -0.1) is 23.1 Å². The molecule has 7 nitrogen and oxygen atoms in total. The fourth-order valence-electron chi connectivity index (χ4n) is 4.48. The first kappa shape index (κ1) is 23.9. The molecule has 184 valence electrons. The highest BCUT2D eigenvalue weighted by molar-refractivity contribution is 8.00. The van der Waals surface area contributed by atoms with E-state index in [9.17, 15) is 9.59 Å². The molecule has 2 aliphatic rings. The van der Waals surface area contributed by atoms with Gasteiger partial charge in [0.2, 0.25) is 16.4 Å². The van der Waals surface area contributed by atoms with E-state index in [4.69, 9.17) is 22.7 Å². The molecule has 6 rings (SSSR count). The van der Waals surface area contributed by atoms with Crippen LogP contribution in [0.25, 0.3) is 15.9 Å². The summed E-state index contributed by atoms with van der Waals surface area (Å²) >= 11 is 8.77. The van der Waals surface area contributed by atoms with Gasteiger partial charge in [0.1, 0.15) is 33.6 Å². The van der Waals surface area contributed by atoms with Crippen LogP contribution in [0.3, 0.4) is 0 Å². The lowest BCUT2D eigenvalue weighted by Crippen LogP contribution is -2.68. The maximum atomic E-state index is 13.0. The van der Waals surface area contributed by atoms with Crippen LogP contribution in [0.15, 0.2) is 89.6 Å². The zero-order valence-corrected chi connectivity index (χ0v) is 21.8. The number of fused-ring (bicyclic) bond motifs is 2. The highest BCUT2D eigenvalue weighted by atomic mass is 32.2. The van der Waals surface area contributed by atoms with Gasteiger partial charge in [0.15, 0.2) is 0 Å². The number of carbonyl (C=O) groups is 1. The molecule has 1 fully saturated rings. The Hall–Kier alpha value is -3.44. The molecule has 37 heavy (non-hydrogen) atoms. The van der Waals surface area contributed by atoms with E-state index in [2.05, 4.69) is 9.97 Å². The van der Waals surface area contributed by atoms with E-state index in [0.717, 1.165) is 16.7 Å². The second kappa shape index (κ2) is 9.79. The number of benzene rings is 2. The third-order valence-corrected chi connectivity index (χ3v) is 8.96. The van der Waals surface area contributed by atoms with E-state index in [0.29, 0.717) is 26.7 Å². The maximum Gasteiger partial charge on any atom is 0.248 e. The number of aromatic nitrogens is 2. The molecule has 4 aromatic rings. The zero-order chi connectivity index (χ0) is 25.5. The Bertz CT molecular complexity index is 1570. The van der Waals surface area contributed by atoms with Gasteiger partial charge in [-0.1, -0.05) is 60.7 Å². The molecule has 0 aliphatic carbocycles. The van der Waals surface area contributed by atoms with Crippen molar-refractivity contribution in [2.45, 2.75) is 17.5 Å². The molecule has 0 radical (unpaired) electrons. The molecule has 2 N–H and O–H groups in total. The lowest BCUT2D eigenvalue weighted by molar-refractivity contribution is -0.140. The predicted molar refractivity (Wildman–Crippen MR) is 150 cm³/mol. The fourth-order valence-corrected chi connectivity index (χ4v) is 7.23. The normalized spacial score (nSPS) is 19.1. The molecule has 0 bridgehead atoms. The minimum atomic E-state index is -0.607. The number of thiocarbonyl (C=S) groups is 1. The lowest BCUT2D eigenvalue weighted by atomic mass is 10.0. The van der Waals surface area contributed by atoms with Gasteiger partial charge in [-0.2, -0.15) is 0 Å². The number of nitrogens with zero attached hydrogens (tertiary/aromatic N) is 3. The van der Waals surface area contributed by atoms with E-state index in [-0.39, 0.29) is 21.8 Å². The Balaban J connectivity index is 1.47. The molecule has 10 heteroatoms. The molecular formula is C27H20N4O3S3. The summed E-state index contributed by atoms with van der Waals surface area (Å²) in [5, 5.41) is -0.0613. The van der Waals surface area contributed by atoms with Crippen LogP contribution in [0.2, 0.25) is 0 Å². The summed E-state index contributed by atoms with van der Waals surface area (Å²) in [4.78, 5) is 37.1. The van der Waals surface area contributed by atoms with Crippen LogP contribution in [0.4, 0.5) is 0 Å². The smallest absolute Gasteiger partial charge is 0.248 e. The lowest BCUT2D eigenvalue weighted by Gasteiger charge is -2.49. The average Bonchev–Trinajstić information content (AvgIpc) is 2.95. The van der Waals surface area contributed by atoms with Crippen LogP contribution in [-0.2, 0) is 9.53 Å². The van der Waals surface area contributed by atoms with E-state index < -0.39 is 12.1 Å². The SMILES string of the molecule is N[C@@H]1C(=O)N2C(C(=S)OC(c3ccccc3)c3ccccc3)=C(c3cc(=O)c4nccnc4s3)CS[C@H]12. The molecule has 1 saturated heterocycles. The molecule has 4 heterocycles. The standard InChI is InChI=1S/C27H20N4O3S3/c28-20-25(33)31-22(27(35)34-23(15-7-3-1-4-8-15)16-9-5-2-6-10-16)17(14-36-26(20)31)19-13-18(32)21-24(37-19)30-12-11-29-21/h1-13,20,23,26H,14,28H2/t20-,26-/m1/s1. The van der Waals surface area contributed by atoms with Gasteiger partial charge in [0.05, 0.1) is 0 Å². The minimum Gasteiger partial charge on any atom is -0.469 e. The van der Waals surface area contributed by atoms with Gasteiger partial charge < -0.3 is 10.5 Å². The summed E-state index contributed by atoms with van der Waals surface area (Å²) in [6, 6.07) is 20.5. The first-order valence-electron chi connectivity index (χ1n) is 11.5. The van der Waals surface area contributed by atoms with Gasteiger partial charge in [-0.05, 0) is 23.3 Å². The number of β-lactam (4-membered cyclic amide) rings is 1. The molecule has 0 saturated carbocycles. The number of hydrogen-bond donors (Lipinski definition) is 1. The monoisotopic (exact) mass is 544 g/mol. The third-order valence-electron chi connectivity index (χ3n) is 6.30. The number of rotatable bonds is 5. The molecule has 0 unspecified atom stereocenters. The quantitative estimate of drug-likeness (QED) is 0.296. The van der Waals surface area contributed by atoms with Crippen molar-refractivity contribution < 1.29 is 9.53 Å². The maximum absolute atomic E-state index is 13.0. The second-order valence-corrected chi connectivity index (χ2v) is 11.1. The highest BCUT2D eigenvalue weighted by Gasteiger charge is 2.51. The van der Waals surface area contributed by atoms with Gasteiger partial charge in [-0.25, -0.2) is 9.97 Å². The molecular weight excluding hydrogens is 525 g/mol. The van der Waals surface area contributed by atoms with Crippen LogP contribution < -0.4 is 11.2 Å². The molecule has 1 amide bonds.